The van der Waals surface area contributed by atoms with Gasteiger partial charge in [0.05, 0.1) is 24.0 Å². The predicted octanol–water partition coefficient (Wildman–Crippen LogP) is 2.95. The van der Waals surface area contributed by atoms with Crippen LogP contribution in [0.4, 0.5) is 0 Å². The standard InChI is InChI=1S/C16H23N3O/c1-3-12-20-13-15(17-4-2)16-10-11-18-19(16)14-8-6-5-7-9-14/h5-11,15,17H,3-4,12-13H2,1-2H3. The van der Waals surface area contributed by atoms with E-state index in [1.54, 1.807) is 0 Å². The van der Waals surface area contributed by atoms with E-state index < -0.39 is 0 Å². The first-order valence-electron chi connectivity index (χ1n) is 7.27. The van der Waals surface area contributed by atoms with Gasteiger partial charge in [0.15, 0.2) is 0 Å². The first-order valence-corrected chi connectivity index (χ1v) is 7.27. The van der Waals surface area contributed by atoms with E-state index in [1.807, 2.05) is 29.1 Å². The Morgan fingerprint density at radius 1 is 1.20 bits per heavy atom. The quantitative estimate of drug-likeness (QED) is 0.752. The molecule has 4 nitrogen and oxygen atoms in total. The number of aromatic nitrogens is 2. The topological polar surface area (TPSA) is 39.1 Å². The highest BCUT2D eigenvalue weighted by Crippen LogP contribution is 2.17. The Morgan fingerprint density at radius 2 is 2.00 bits per heavy atom. The van der Waals surface area contributed by atoms with Crippen LogP contribution in [-0.4, -0.2) is 29.5 Å². The minimum Gasteiger partial charge on any atom is -0.379 e. The molecule has 1 heterocycles. The highest BCUT2D eigenvalue weighted by molar-refractivity contribution is 5.33. The van der Waals surface area contributed by atoms with Gasteiger partial charge >= 0.3 is 0 Å². The highest BCUT2D eigenvalue weighted by Gasteiger charge is 2.16. The van der Waals surface area contributed by atoms with E-state index in [-0.39, 0.29) is 6.04 Å². The molecule has 0 spiro atoms. The molecule has 0 fully saturated rings. The van der Waals surface area contributed by atoms with Crippen molar-refractivity contribution in [1.82, 2.24) is 15.1 Å². The van der Waals surface area contributed by atoms with Crippen LogP contribution in [0, 0.1) is 0 Å². The van der Waals surface area contributed by atoms with Gasteiger partial charge in [0, 0.05) is 12.8 Å². The number of nitrogens with zero attached hydrogens (tertiary/aromatic N) is 2. The van der Waals surface area contributed by atoms with E-state index in [9.17, 15) is 0 Å². The molecular formula is C16H23N3O. The second-order valence-electron chi connectivity index (χ2n) is 4.69. The van der Waals surface area contributed by atoms with Gasteiger partial charge in [-0.2, -0.15) is 5.10 Å². The van der Waals surface area contributed by atoms with Crippen molar-refractivity contribution in [1.29, 1.82) is 0 Å². The summed E-state index contributed by atoms with van der Waals surface area (Å²) in [6.07, 6.45) is 2.88. The third-order valence-corrected chi connectivity index (χ3v) is 3.11. The average molecular weight is 273 g/mol. The van der Waals surface area contributed by atoms with Gasteiger partial charge in [-0.3, -0.25) is 0 Å². The fraction of sp³-hybridized carbons (Fsp3) is 0.438. The molecule has 20 heavy (non-hydrogen) atoms. The molecule has 0 saturated heterocycles. The Hall–Kier alpha value is -1.65. The van der Waals surface area contributed by atoms with Crippen LogP contribution in [0.3, 0.4) is 0 Å². The summed E-state index contributed by atoms with van der Waals surface area (Å²) in [4.78, 5) is 0. The van der Waals surface area contributed by atoms with Gasteiger partial charge in [-0.1, -0.05) is 32.0 Å². The van der Waals surface area contributed by atoms with Crippen LogP contribution in [0.15, 0.2) is 42.6 Å². The third kappa shape index (κ3) is 3.68. The van der Waals surface area contributed by atoms with Crippen molar-refractivity contribution in [3.8, 4) is 5.69 Å². The van der Waals surface area contributed by atoms with Crippen molar-refractivity contribution in [3.05, 3.63) is 48.3 Å². The molecule has 0 saturated carbocycles. The summed E-state index contributed by atoms with van der Waals surface area (Å²) in [7, 11) is 0. The average Bonchev–Trinajstić information content (AvgIpc) is 2.97. The Morgan fingerprint density at radius 3 is 2.70 bits per heavy atom. The minimum atomic E-state index is 0.161. The Bertz CT molecular complexity index is 495. The third-order valence-electron chi connectivity index (χ3n) is 3.11. The van der Waals surface area contributed by atoms with Crippen molar-refractivity contribution in [2.45, 2.75) is 26.3 Å². The molecule has 0 amide bonds. The second kappa shape index (κ2) is 7.82. The zero-order chi connectivity index (χ0) is 14.2. The molecule has 1 aromatic carbocycles. The summed E-state index contributed by atoms with van der Waals surface area (Å²) in [5.74, 6) is 0. The molecule has 1 atom stereocenters. The predicted molar refractivity (Wildman–Crippen MR) is 81.1 cm³/mol. The second-order valence-corrected chi connectivity index (χ2v) is 4.69. The normalized spacial score (nSPS) is 12.5. The van der Waals surface area contributed by atoms with Crippen LogP contribution in [-0.2, 0) is 4.74 Å². The summed E-state index contributed by atoms with van der Waals surface area (Å²) in [5, 5.41) is 7.91. The lowest BCUT2D eigenvalue weighted by atomic mass is 10.2. The number of rotatable bonds is 8. The van der Waals surface area contributed by atoms with E-state index in [4.69, 9.17) is 4.74 Å². The van der Waals surface area contributed by atoms with Gasteiger partial charge < -0.3 is 10.1 Å². The fourth-order valence-corrected chi connectivity index (χ4v) is 2.20. The zero-order valence-electron chi connectivity index (χ0n) is 12.2. The maximum atomic E-state index is 5.71. The Labute approximate surface area is 120 Å². The van der Waals surface area contributed by atoms with Gasteiger partial charge in [-0.25, -0.2) is 4.68 Å². The van der Waals surface area contributed by atoms with E-state index in [1.165, 1.54) is 0 Å². The molecule has 2 rings (SSSR count). The number of hydrogen-bond donors (Lipinski definition) is 1. The molecule has 0 aliphatic heterocycles. The van der Waals surface area contributed by atoms with Gasteiger partial charge in [-0.15, -0.1) is 0 Å². The number of nitrogens with one attached hydrogen (secondary N) is 1. The van der Waals surface area contributed by atoms with Crippen LogP contribution in [0.5, 0.6) is 0 Å². The molecule has 1 aromatic heterocycles. The molecular weight excluding hydrogens is 250 g/mol. The monoisotopic (exact) mass is 273 g/mol. The van der Waals surface area contributed by atoms with Gasteiger partial charge in [-0.05, 0) is 31.2 Å². The van der Waals surface area contributed by atoms with Gasteiger partial charge in [0.1, 0.15) is 0 Å². The lowest BCUT2D eigenvalue weighted by molar-refractivity contribution is 0.110. The number of para-hydroxylation sites is 1. The molecule has 4 heteroatoms. The van der Waals surface area contributed by atoms with E-state index in [2.05, 4.69) is 42.5 Å². The first-order chi connectivity index (χ1) is 9.86. The number of hydrogen-bond acceptors (Lipinski definition) is 3. The summed E-state index contributed by atoms with van der Waals surface area (Å²) in [5.41, 5.74) is 2.21. The van der Waals surface area contributed by atoms with Gasteiger partial charge in [0.2, 0.25) is 0 Å². The van der Waals surface area contributed by atoms with E-state index in [0.29, 0.717) is 6.61 Å². The summed E-state index contributed by atoms with van der Waals surface area (Å²) in [6, 6.07) is 12.4. The number of benzene rings is 1. The molecule has 1 N–H and O–H groups in total. The SMILES string of the molecule is CCCOCC(NCC)c1ccnn1-c1ccccc1. The molecule has 2 aromatic rings. The molecule has 0 radical (unpaired) electrons. The molecule has 0 bridgehead atoms. The zero-order valence-corrected chi connectivity index (χ0v) is 12.2. The lowest BCUT2D eigenvalue weighted by Gasteiger charge is -2.19. The van der Waals surface area contributed by atoms with E-state index >= 15 is 0 Å². The Balaban J connectivity index is 2.19. The van der Waals surface area contributed by atoms with E-state index in [0.717, 1.165) is 31.0 Å². The lowest BCUT2D eigenvalue weighted by Crippen LogP contribution is -2.27. The summed E-state index contributed by atoms with van der Waals surface area (Å²) >= 11 is 0. The molecule has 0 aliphatic carbocycles. The number of ether oxygens (including phenoxy) is 1. The largest absolute Gasteiger partial charge is 0.379 e. The fourth-order valence-electron chi connectivity index (χ4n) is 2.20. The van der Waals surface area contributed by atoms with Crippen LogP contribution < -0.4 is 5.32 Å². The van der Waals surface area contributed by atoms with Crippen molar-refractivity contribution >= 4 is 0 Å². The number of likely N-dealkylation sites (N-methyl/N-ethyl adjacent to an activating group) is 1. The maximum absolute atomic E-state index is 5.71. The smallest absolute Gasteiger partial charge is 0.0734 e. The van der Waals surface area contributed by atoms with Crippen molar-refractivity contribution in [3.63, 3.8) is 0 Å². The first kappa shape index (κ1) is 14.8. The van der Waals surface area contributed by atoms with Crippen LogP contribution >= 0.6 is 0 Å². The molecule has 0 aliphatic rings. The molecule has 1 unspecified atom stereocenters. The molecule has 108 valence electrons. The highest BCUT2D eigenvalue weighted by atomic mass is 16.5. The Kier molecular flexibility index (Phi) is 5.77. The van der Waals surface area contributed by atoms with Crippen LogP contribution in [0.1, 0.15) is 32.0 Å². The van der Waals surface area contributed by atoms with Crippen molar-refractivity contribution in [2.24, 2.45) is 0 Å². The van der Waals surface area contributed by atoms with Crippen LogP contribution in [0.2, 0.25) is 0 Å². The summed E-state index contributed by atoms with van der Waals surface area (Å²) < 4.78 is 7.68. The van der Waals surface area contributed by atoms with Gasteiger partial charge in [0.25, 0.3) is 0 Å². The summed E-state index contributed by atoms with van der Waals surface area (Å²) in [6.45, 7) is 6.59. The van der Waals surface area contributed by atoms with Crippen LogP contribution in [0.25, 0.3) is 5.69 Å². The van der Waals surface area contributed by atoms with Crippen molar-refractivity contribution < 1.29 is 4.74 Å². The minimum absolute atomic E-state index is 0.161. The van der Waals surface area contributed by atoms with Crippen molar-refractivity contribution in [2.75, 3.05) is 19.8 Å². The maximum Gasteiger partial charge on any atom is 0.0734 e.